The standard InChI is InChI=1S/C15H23N3O2S/c1-12(11-20-2)17-15(19)10-18(9-8-14(16)21)13-6-4-3-5-7-13/h3-7,12H,8-11H2,1-2H3,(H2,16,21)(H,17,19). The van der Waals surface area contributed by atoms with E-state index in [1.807, 2.05) is 42.2 Å². The number of thiocarbonyl (C=S) groups is 1. The Labute approximate surface area is 131 Å². The minimum Gasteiger partial charge on any atom is -0.393 e. The van der Waals surface area contributed by atoms with Gasteiger partial charge in [0.2, 0.25) is 5.91 Å². The molecule has 3 N–H and O–H groups in total. The molecule has 1 aromatic rings. The van der Waals surface area contributed by atoms with E-state index in [2.05, 4.69) is 5.32 Å². The second-order valence-corrected chi connectivity index (χ2v) is 5.42. The Morgan fingerprint density at radius 1 is 1.43 bits per heavy atom. The SMILES string of the molecule is COCC(C)NC(=O)CN(CCC(N)=S)c1ccccc1. The largest absolute Gasteiger partial charge is 0.393 e. The maximum Gasteiger partial charge on any atom is 0.239 e. The van der Waals surface area contributed by atoms with Crippen LogP contribution in [0.4, 0.5) is 5.69 Å². The van der Waals surface area contributed by atoms with E-state index in [0.29, 0.717) is 24.6 Å². The van der Waals surface area contributed by atoms with Crippen molar-refractivity contribution in [2.45, 2.75) is 19.4 Å². The minimum absolute atomic E-state index is 0.0179. The van der Waals surface area contributed by atoms with Crippen LogP contribution >= 0.6 is 12.2 Å². The topological polar surface area (TPSA) is 67.6 Å². The molecule has 0 fully saturated rings. The molecule has 1 aromatic carbocycles. The lowest BCUT2D eigenvalue weighted by Crippen LogP contribution is -2.43. The molecular formula is C15H23N3O2S. The van der Waals surface area contributed by atoms with Crippen LogP contribution in [-0.2, 0) is 9.53 Å². The summed E-state index contributed by atoms with van der Waals surface area (Å²) in [6.45, 7) is 3.28. The van der Waals surface area contributed by atoms with Crippen LogP contribution in [0.15, 0.2) is 30.3 Å². The lowest BCUT2D eigenvalue weighted by molar-refractivity contribution is -0.120. The quantitative estimate of drug-likeness (QED) is 0.674. The van der Waals surface area contributed by atoms with Crippen molar-refractivity contribution in [1.82, 2.24) is 5.32 Å². The van der Waals surface area contributed by atoms with Crippen molar-refractivity contribution < 1.29 is 9.53 Å². The Morgan fingerprint density at radius 3 is 2.67 bits per heavy atom. The number of nitrogens with one attached hydrogen (secondary N) is 1. The Kier molecular flexibility index (Phi) is 7.71. The van der Waals surface area contributed by atoms with Gasteiger partial charge in [0.05, 0.1) is 18.1 Å². The third-order valence-electron chi connectivity index (χ3n) is 2.91. The second kappa shape index (κ2) is 9.31. The number of para-hydroxylation sites is 1. The van der Waals surface area contributed by atoms with Gasteiger partial charge in [0.25, 0.3) is 0 Å². The average Bonchev–Trinajstić information content (AvgIpc) is 2.44. The Hall–Kier alpha value is -1.66. The third kappa shape index (κ3) is 7.06. The van der Waals surface area contributed by atoms with E-state index in [0.717, 1.165) is 5.69 Å². The molecule has 0 aromatic heterocycles. The fourth-order valence-electron chi connectivity index (χ4n) is 1.97. The van der Waals surface area contributed by atoms with Crippen molar-refractivity contribution in [3.8, 4) is 0 Å². The number of amides is 1. The molecule has 6 heteroatoms. The highest BCUT2D eigenvalue weighted by molar-refractivity contribution is 7.80. The number of ether oxygens (including phenoxy) is 1. The number of carbonyl (C=O) groups excluding carboxylic acids is 1. The van der Waals surface area contributed by atoms with Gasteiger partial charge >= 0.3 is 0 Å². The maximum absolute atomic E-state index is 12.1. The van der Waals surface area contributed by atoms with Gasteiger partial charge in [-0.3, -0.25) is 4.79 Å². The summed E-state index contributed by atoms with van der Waals surface area (Å²) in [7, 11) is 1.61. The van der Waals surface area contributed by atoms with Gasteiger partial charge in [0.15, 0.2) is 0 Å². The van der Waals surface area contributed by atoms with Crippen LogP contribution in [0.3, 0.4) is 0 Å². The monoisotopic (exact) mass is 309 g/mol. The van der Waals surface area contributed by atoms with Gasteiger partial charge in [-0.25, -0.2) is 0 Å². The molecule has 0 spiro atoms. The van der Waals surface area contributed by atoms with E-state index >= 15 is 0 Å². The van der Waals surface area contributed by atoms with E-state index in [-0.39, 0.29) is 18.5 Å². The number of hydrogen-bond donors (Lipinski definition) is 2. The summed E-state index contributed by atoms with van der Waals surface area (Å²) in [5.41, 5.74) is 6.53. The molecule has 0 aliphatic carbocycles. The molecule has 1 amide bonds. The minimum atomic E-state index is -0.0497. The Balaban J connectivity index is 2.64. The fraction of sp³-hybridized carbons (Fsp3) is 0.467. The lowest BCUT2D eigenvalue weighted by atomic mass is 10.2. The van der Waals surface area contributed by atoms with Crippen LogP contribution in [0.1, 0.15) is 13.3 Å². The molecule has 21 heavy (non-hydrogen) atoms. The molecule has 1 atom stereocenters. The highest BCUT2D eigenvalue weighted by Gasteiger charge is 2.13. The fourth-order valence-corrected chi connectivity index (χ4v) is 2.06. The number of nitrogens with two attached hydrogens (primary N) is 1. The summed E-state index contributed by atoms with van der Waals surface area (Å²) >= 11 is 4.92. The predicted molar refractivity (Wildman–Crippen MR) is 89.5 cm³/mol. The molecule has 0 bridgehead atoms. The number of methoxy groups -OCH3 is 1. The van der Waals surface area contributed by atoms with Crippen LogP contribution < -0.4 is 16.0 Å². The van der Waals surface area contributed by atoms with Gasteiger partial charge < -0.3 is 20.7 Å². The molecule has 0 saturated heterocycles. The molecule has 0 radical (unpaired) electrons. The van der Waals surface area contributed by atoms with Crippen molar-refractivity contribution in [2.75, 3.05) is 31.7 Å². The van der Waals surface area contributed by atoms with Gasteiger partial charge in [-0.2, -0.15) is 0 Å². The van der Waals surface area contributed by atoms with Crippen molar-refractivity contribution in [2.24, 2.45) is 5.73 Å². The molecular weight excluding hydrogens is 286 g/mol. The van der Waals surface area contributed by atoms with Crippen LogP contribution in [-0.4, -0.2) is 43.7 Å². The first-order chi connectivity index (χ1) is 10.0. The summed E-state index contributed by atoms with van der Waals surface area (Å²) in [6.07, 6.45) is 0.575. The zero-order valence-corrected chi connectivity index (χ0v) is 13.4. The first-order valence-electron chi connectivity index (χ1n) is 6.89. The van der Waals surface area contributed by atoms with Crippen molar-refractivity contribution in [3.05, 3.63) is 30.3 Å². The number of nitrogens with zero attached hydrogens (tertiary/aromatic N) is 1. The van der Waals surface area contributed by atoms with Gasteiger partial charge in [0, 0.05) is 31.8 Å². The van der Waals surface area contributed by atoms with Gasteiger partial charge in [-0.15, -0.1) is 0 Å². The summed E-state index contributed by atoms with van der Waals surface area (Å²) in [4.78, 5) is 14.5. The van der Waals surface area contributed by atoms with Crippen LogP contribution in [0.2, 0.25) is 0 Å². The number of carbonyl (C=O) groups is 1. The predicted octanol–water partition coefficient (Wildman–Crippen LogP) is 1.32. The first-order valence-corrected chi connectivity index (χ1v) is 7.30. The van der Waals surface area contributed by atoms with Crippen molar-refractivity contribution in [1.29, 1.82) is 0 Å². The first kappa shape index (κ1) is 17.4. The van der Waals surface area contributed by atoms with E-state index in [1.54, 1.807) is 7.11 Å². The van der Waals surface area contributed by atoms with E-state index in [4.69, 9.17) is 22.7 Å². The molecule has 5 nitrogen and oxygen atoms in total. The number of hydrogen-bond acceptors (Lipinski definition) is 4. The highest BCUT2D eigenvalue weighted by atomic mass is 32.1. The second-order valence-electron chi connectivity index (χ2n) is 4.90. The van der Waals surface area contributed by atoms with Gasteiger partial charge in [0.1, 0.15) is 0 Å². The number of benzene rings is 1. The molecule has 1 unspecified atom stereocenters. The molecule has 0 heterocycles. The summed E-state index contributed by atoms with van der Waals surface area (Å²) in [5.74, 6) is -0.0497. The normalized spacial score (nSPS) is 11.7. The summed E-state index contributed by atoms with van der Waals surface area (Å²) in [6, 6.07) is 9.73. The van der Waals surface area contributed by atoms with Crippen LogP contribution in [0.5, 0.6) is 0 Å². The average molecular weight is 309 g/mol. The van der Waals surface area contributed by atoms with Crippen molar-refractivity contribution in [3.63, 3.8) is 0 Å². The molecule has 0 aliphatic rings. The highest BCUT2D eigenvalue weighted by Crippen LogP contribution is 2.13. The summed E-state index contributed by atoms with van der Waals surface area (Å²) < 4.78 is 5.01. The number of anilines is 1. The molecule has 1 rings (SSSR count). The lowest BCUT2D eigenvalue weighted by Gasteiger charge is -2.25. The summed E-state index contributed by atoms with van der Waals surface area (Å²) in [5, 5.41) is 2.90. The smallest absolute Gasteiger partial charge is 0.239 e. The van der Waals surface area contributed by atoms with Crippen LogP contribution in [0, 0.1) is 0 Å². The van der Waals surface area contributed by atoms with E-state index < -0.39 is 0 Å². The van der Waals surface area contributed by atoms with Gasteiger partial charge in [-0.05, 0) is 19.1 Å². The maximum atomic E-state index is 12.1. The van der Waals surface area contributed by atoms with Gasteiger partial charge in [-0.1, -0.05) is 30.4 Å². The zero-order chi connectivity index (χ0) is 15.7. The van der Waals surface area contributed by atoms with Crippen LogP contribution in [0.25, 0.3) is 0 Å². The molecule has 0 saturated carbocycles. The van der Waals surface area contributed by atoms with E-state index in [9.17, 15) is 4.79 Å². The molecule has 0 aliphatic heterocycles. The molecule has 116 valence electrons. The number of rotatable bonds is 9. The Bertz CT molecular complexity index is 453. The Morgan fingerprint density at radius 2 is 2.10 bits per heavy atom. The third-order valence-corrected chi connectivity index (χ3v) is 3.11. The van der Waals surface area contributed by atoms with Crippen molar-refractivity contribution >= 4 is 28.8 Å². The zero-order valence-electron chi connectivity index (χ0n) is 12.5. The van der Waals surface area contributed by atoms with E-state index in [1.165, 1.54) is 0 Å².